The van der Waals surface area contributed by atoms with E-state index in [9.17, 15) is 4.79 Å². The molecule has 13 heavy (non-hydrogen) atoms. The van der Waals surface area contributed by atoms with Crippen LogP contribution in [0, 0.1) is 5.92 Å². The van der Waals surface area contributed by atoms with Crippen molar-refractivity contribution in [2.75, 3.05) is 13.2 Å². The molecule has 0 radical (unpaired) electrons. The van der Waals surface area contributed by atoms with E-state index in [2.05, 4.69) is 6.08 Å². The van der Waals surface area contributed by atoms with Crippen molar-refractivity contribution in [3.05, 3.63) is 12.2 Å². The molecular formula is C11H18O2. The van der Waals surface area contributed by atoms with E-state index in [1.807, 2.05) is 6.92 Å². The van der Waals surface area contributed by atoms with E-state index >= 15 is 0 Å². The molecule has 0 aromatic rings. The summed E-state index contributed by atoms with van der Waals surface area (Å²) in [5, 5.41) is 0. The van der Waals surface area contributed by atoms with E-state index in [0.717, 1.165) is 32.5 Å². The zero-order chi connectivity index (χ0) is 9.52. The summed E-state index contributed by atoms with van der Waals surface area (Å²) in [6.45, 7) is 3.72. The van der Waals surface area contributed by atoms with Crippen molar-refractivity contribution in [1.29, 1.82) is 0 Å². The molecule has 1 heterocycles. The molecule has 0 aromatic carbocycles. The second-order valence-corrected chi connectivity index (χ2v) is 3.53. The Morgan fingerprint density at radius 1 is 1.46 bits per heavy atom. The first-order valence-corrected chi connectivity index (χ1v) is 5.11. The highest BCUT2D eigenvalue weighted by atomic mass is 16.5. The van der Waals surface area contributed by atoms with Gasteiger partial charge in [-0.3, -0.25) is 4.79 Å². The lowest BCUT2D eigenvalue weighted by atomic mass is 9.99. The van der Waals surface area contributed by atoms with Gasteiger partial charge in [0.25, 0.3) is 0 Å². The molecule has 74 valence electrons. The summed E-state index contributed by atoms with van der Waals surface area (Å²) in [6.07, 6.45) is 7.56. The Kier molecular flexibility index (Phi) is 4.76. The fourth-order valence-corrected chi connectivity index (χ4v) is 1.48. The Morgan fingerprint density at radius 3 is 2.77 bits per heavy atom. The van der Waals surface area contributed by atoms with Gasteiger partial charge < -0.3 is 4.74 Å². The predicted molar refractivity (Wildman–Crippen MR) is 52.6 cm³/mol. The third kappa shape index (κ3) is 4.23. The van der Waals surface area contributed by atoms with Crippen LogP contribution in [-0.4, -0.2) is 19.0 Å². The lowest BCUT2D eigenvalue weighted by Crippen LogP contribution is -2.13. The number of hydrogen-bond acceptors (Lipinski definition) is 2. The largest absolute Gasteiger partial charge is 0.381 e. The van der Waals surface area contributed by atoms with Crippen LogP contribution in [0.15, 0.2) is 12.2 Å². The van der Waals surface area contributed by atoms with Crippen molar-refractivity contribution < 1.29 is 9.53 Å². The number of carbonyl (C=O) groups excluding carboxylic acids is 1. The van der Waals surface area contributed by atoms with Crippen LogP contribution in [0.5, 0.6) is 0 Å². The van der Waals surface area contributed by atoms with Gasteiger partial charge in [-0.2, -0.15) is 0 Å². The molecule has 0 amide bonds. The molecule has 0 spiro atoms. The zero-order valence-corrected chi connectivity index (χ0v) is 8.29. The van der Waals surface area contributed by atoms with E-state index in [1.54, 1.807) is 6.08 Å². The number of ether oxygens (including phenoxy) is 1. The highest BCUT2D eigenvalue weighted by molar-refractivity contribution is 5.89. The Bertz CT molecular complexity index is 179. The molecule has 0 bridgehead atoms. The van der Waals surface area contributed by atoms with Crippen molar-refractivity contribution in [1.82, 2.24) is 0 Å². The third-order valence-corrected chi connectivity index (χ3v) is 2.32. The Hall–Kier alpha value is -0.630. The molecule has 1 aliphatic rings. The molecule has 0 atom stereocenters. The van der Waals surface area contributed by atoms with E-state index in [-0.39, 0.29) is 5.78 Å². The summed E-state index contributed by atoms with van der Waals surface area (Å²) < 4.78 is 5.24. The Balaban J connectivity index is 2.24. The van der Waals surface area contributed by atoms with Gasteiger partial charge in [0.05, 0.1) is 0 Å². The van der Waals surface area contributed by atoms with Crippen LogP contribution >= 0.6 is 0 Å². The third-order valence-electron chi connectivity index (χ3n) is 2.32. The van der Waals surface area contributed by atoms with Gasteiger partial charge in [-0.25, -0.2) is 0 Å². The molecule has 1 saturated heterocycles. The molecule has 1 aliphatic heterocycles. The van der Waals surface area contributed by atoms with Gasteiger partial charge in [0.2, 0.25) is 0 Å². The molecule has 0 aliphatic carbocycles. The second kappa shape index (κ2) is 5.92. The molecular weight excluding hydrogens is 164 g/mol. The molecule has 1 rings (SSSR count). The van der Waals surface area contributed by atoms with Gasteiger partial charge in [0, 0.05) is 19.6 Å². The standard InChI is InChI=1S/C11H18O2/c1-2-3-11(12)5-4-10-6-8-13-9-7-10/h4-5,10H,2-3,6-9H2,1H3. The SMILES string of the molecule is CCCC(=O)C=CC1CCOCC1. The fourth-order valence-electron chi connectivity index (χ4n) is 1.48. The van der Waals surface area contributed by atoms with Gasteiger partial charge in [-0.15, -0.1) is 0 Å². The van der Waals surface area contributed by atoms with Crippen molar-refractivity contribution in [2.45, 2.75) is 32.6 Å². The summed E-state index contributed by atoms with van der Waals surface area (Å²) in [4.78, 5) is 11.2. The lowest BCUT2D eigenvalue weighted by molar-refractivity contribution is -0.114. The average Bonchev–Trinajstić information content (AvgIpc) is 2.17. The first-order chi connectivity index (χ1) is 6.33. The summed E-state index contributed by atoms with van der Waals surface area (Å²) >= 11 is 0. The zero-order valence-electron chi connectivity index (χ0n) is 8.29. The van der Waals surface area contributed by atoms with E-state index in [1.165, 1.54) is 0 Å². The van der Waals surface area contributed by atoms with Crippen LogP contribution in [0.4, 0.5) is 0 Å². The quantitative estimate of drug-likeness (QED) is 0.624. The minimum Gasteiger partial charge on any atom is -0.381 e. The minimum atomic E-state index is 0.258. The summed E-state index contributed by atoms with van der Waals surface area (Å²) in [5.74, 6) is 0.823. The first-order valence-electron chi connectivity index (χ1n) is 5.11. The van der Waals surface area contributed by atoms with Crippen molar-refractivity contribution >= 4 is 5.78 Å². The van der Waals surface area contributed by atoms with Gasteiger partial charge in [-0.1, -0.05) is 13.0 Å². The van der Waals surface area contributed by atoms with E-state index in [4.69, 9.17) is 4.74 Å². The van der Waals surface area contributed by atoms with Crippen molar-refractivity contribution in [3.63, 3.8) is 0 Å². The molecule has 0 N–H and O–H groups in total. The molecule has 1 fully saturated rings. The number of rotatable bonds is 4. The van der Waals surface area contributed by atoms with Gasteiger partial charge in [0.1, 0.15) is 0 Å². The molecule has 0 saturated carbocycles. The fraction of sp³-hybridized carbons (Fsp3) is 0.727. The minimum absolute atomic E-state index is 0.258. The van der Waals surface area contributed by atoms with E-state index in [0.29, 0.717) is 12.3 Å². The van der Waals surface area contributed by atoms with Gasteiger partial charge in [-0.05, 0) is 31.3 Å². The topological polar surface area (TPSA) is 26.3 Å². The maximum Gasteiger partial charge on any atom is 0.155 e. The maximum absolute atomic E-state index is 11.2. The maximum atomic E-state index is 11.2. The number of ketones is 1. The van der Waals surface area contributed by atoms with Crippen molar-refractivity contribution in [3.8, 4) is 0 Å². The highest BCUT2D eigenvalue weighted by Crippen LogP contribution is 2.15. The normalized spacial score (nSPS) is 19.5. The first kappa shape index (κ1) is 10.5. The van der Waals surface area contributed by atoms with Crippen LogP contribution in [0.2, 0.25) is 0 Å². The van der Waals surface area contributed by atoms with Crippen LogP contribution in [0.1, 0.15) is 32.6 Å². The average molecular weight is 182 g/mol. The lowest BCUT2D eigenvalue weighted by Gasteiger charge is -2.18. The highest BCUT2D eigenvalue weighted by Gasteiger charge is 2.10. The molecule has 2 nitrogen and oxygen atoms in total. The van der Waals surface area contributed by atoms with E-state index < -0.39 is 0 Å². The summed E-state index contributed by atoms with van der Waals surface area (Å²) in [5.41, 5.74) is 0. The number of hydrogen-bond donors (Lipinski definition) is 0. The van der Waals surface area contributed by atoms with Crippen LogP contribution in [0.25, 0.3) is 0 Å². The monoisotopic (exact) mass is 182 g/mol. The summed E-state index contributed by atoms with van der Waals surface area (Å²) in [6, 6.07) is 0. The van der Waals surface area contributed by atoms with Crippen LogP contribution in [-0.2, 0) is 9.53 Å². The van der Waals surface area contributed by atoms with Crippen molar-refractivity contribution in [2.24, 2.45) is 5.92 Å². The van der Waals surface area contributed by atoms with Gasteiger partial charge in [0.15, 0.2) is 5.78 Å². The number of allylic oxidation sites excluding steroid dienone is 2. The Labute approximate surface area is 80.0 Å². The molecule has 0 aromatic heterocycles. The predicted octanol–water partition coefficient (Wildman–Crippen LogP) is 2.34. The smallest absolute Gasteiger partial charge is 0.155 e. The number of carbonyl (C=O) groups is 1. The molecule has 0 unspecified atom stereocenters. The molecule has 2 heteroatoms. The van der Waals surface area contributed by atoms with Gasteiger partial charge >= 0.3 is 0 Å². The second-order valence-electron chi connectivity index (χ2n) is 3.53. The van der Waals surface area contributed by atoms with Crippen LogP contribution < -0.4 is 0 Å². The Morgan fingerprint density at radius 2 is 2.15 bits per heavy atom. The van der Waals surface area contributed by atoms with Crippen LogP contribution in [0.3, 0.4) is 0 Å². The summed E-state index contributed by atoms with van der Waals surface area (Å²) in [7, 11) is 0.